The average Bonchev–Trinajstić information content (AvgIpc) is 2.57. The standard InChI is InChI=1S/C21H23FN2O2/c1-20(2)8-9-21(3,25-4)12-15-17(13-20)24-10-7-18(15)26-19-6-5-14(23)11-16(19)22/h5-13H,23H2,1-4H3/b9-8-,15-12+,17-13+. The molecule has 1 unspecified atom stereocenters. The van der Waals surface area contributed by atoms with E-state index in [0.29, 0.717) is 11.4 Å². The van der Waals surface area contributed by atoms with Gasteiger partial charge in [0.15, 0.2) is 11.6 Å². The van der Waals surface area contributed by atoms with Gasteiger partial charge in [-0.05, 0) is 37.3 Å². The molecule has 2 N–H and O–H groups in total. The largest absolute Gasteiger partial charge is 0.454 e. The van der Waals surface area contributed by atoms with E-state index in [1.54, 1.807) is 25.4 Å². The van der Waals surface area contributed by atoms with Crippen LogP contribution < -0.4 is 21.0 Å². The molecule has 5 heteroatoms. The van der Waals surface area contributed by atoms with Crippen LogP contribution in [0.1, 0.15) is 20.8 Å². The Labute approximate surface area is 152 Å². The minimum absolute atomic E-state index is 0.108. The number of ether oxygens (including phenoxy) is 2. The van der Waals surface area contributed by atoms with E-state index in [2.05, 4.69) is 31.0 Å². The molecule has 1 aliphatic rings. The number of nitrogen functional groups attached to an aromatic ring is 1. The topological polar surface area (TPSA) is 57.4 Å². The van der Waals surface area contributed by atoms with Crippen LogP contribution in [0.4, 0.5) is 10.1 Å². The smallest absolute Gasteiger partial charge is 0.167 e. The molecular formula is C21H23FN2O2. The van der Waals surface area contributed by atoms with Gasteiger partial charge in [0, 0.05) is 35.7 Å². The third-order valence-corrected chi connectivity index (χ3v) is 4.38. The lowest BCUT2D eigenvalue weighted by molar-refractivity contribution is 0.103. The maximum absolute atomic E-state index is 14.2. The minimum Gasteiger partial charge on any atom is -0.454 e. The highest BCUT2D eigenvalue weighted by Gasteiger charge is 2.22. The number of nitrogens with two attached hydrogens (primary N) is 1. The van der Waals surface area contributed by atoms with Crippen LogP contribution in [0.2, 0.25) is 0 Å². The zero-order chi connectivity index (χ0) is 18.9. The molecule has 0 aliphatic heterocycles. The molecule has 4 nitrogen and oxygen atoms in total. The Morgan fingerprint density at radius 2 is 1.81 bits per heavy atom. The van der Waals surface area contributed by atoms with Gasteiger partial charge < -0.3 is 15.2 Å². The van der Waals surface area contributed by atoms with Crippen LogP contribution in [0.3, 0.4) is 0 Å². The maximum Gasteiger partial charge on any atom is 0.167 e. The van der Waals surface area contributed by atoms with Crippen molar-refractivity contribution in [2.45, 2.75) is 26.4 Å². The van der Waals surface area contributed by atoms with E-state index in [9.17, 15) is 4.39 Å². The molecule has 0 saturated heterocycles. The number of methoxy groups -OCH3 is 1. The molecule has 1 aliphatic carbocycles. The van der Waals surface area contributed by atoms with E-state index in [0.717, 1.165) is 10.6 Å². The van der Waals surface area contributed by atoms with Crippen molar-refractivity contribution in [2.75, 3.05) is 12.8 Å². The fourth-order valence-corrected chi connectivity index (χ4v) is 2.78. The zero-order valence-corrected chi connectivity index (χ0v) is 15.4. The van der Waals surface area contributed by atoms with E-state index >= 15 is 0 Å². The highest BCUT2D eigenvalue weighted by Crippen LogP contribution is 2.26. The van der Waals surface area contributed by atoms with Crippen LogP contribution in [0.15, 0.2) is 42.6 Å². The molecule has 136 valence electrons. The van der Waals surface area contributed by atoms with Gasteiger partial charge in [-0.15, -0.1) is 0 Å². The lowest BCUT2D eigenvalue weighted by Gasteiger charge is -2.25. The second-order valence-corrected chi connectivity index (χ2v) is 7.23. The monoisotopic (exact) mass is 354 g/mol. The summed E-state index contributed by atoms with van der Waals surface area (Å²) in [6.07, 6.45) is 9.73. The summed E-state index contributed by atoms with van der Waals surface area (Å²) in [7, 11) is 1.65. The van der Waals surface area contributed by atoms with Crippen molar-refractivity contribution in [2.24, 2.45) is 5.41 Å². The molecule has 0 bridgehead atoms. The molecule has 0 amide bonds. The van der Waals surface area contributed by atoms with Crippen molar-refractivity contribution in [3.63, 3.8) is 0 Å². The summed E-state index contributed by atoms with van der Waals surface area (Å²) in [5.41, 5.74) is 5.10. The summed E-state index contributed by atoms with van der Waals surface area (Å²) in [5.74, 6) is 0.0985. The van der Waals surface area contributed by atoms with Crippen molar-refractivity contribution in [3.8, 4) is 11.5 Å². The maximum atomic E-state index is 14.2. The van der Waals surface area contributed by atoms with E-state index in [1.165, 1.54) is 12.1 Å². The molecule has 0 radical (unpaired) electrons. The van der Waals surface area contributed by atoms with E-state index in [1.807, 2.05) is 19.1 Å². The lowest BCUT2D eigenvalue weighted by Crippen LogP contribution is -2.37. The molecule has 1 aromatic carbocycles. The first kappa shape index (κ1) is 18.1. The third kappa shape index (κ3) is 3.78. The Morgan fingerprint density at radius 3 is 2.50 bits per heavy atom. The van der Waals surface area contributed by atoms with Gasteiger partial charge in [0.2, 0.25) is 0 Å². The van der Waals surface area contributed by atoms with Crippen molar-refractivity contribution in [1.29, 1.82) is 0 Å². The predicted molar refractivity (Wildman–Crippen MR) is 102 cm³/mol. The van der Waals surface area contributed by atoms with Crippen LogP contribution in [-0.2, 0) is 4.74 Å². The molecule has 0 spiro atoms. The van der Waals surface area contributed by atoms with Gasteiger partial charge in [-0.2, -0.15) is 0 Å². The Hall–Kier alpha value is -2.66. The normalized spacial score (nSPS) is 24.8. The van der Waals surface area contributed by atoms with Gasteiger partial charge in [-0.25, -0.2) is 4.39 Å². The molecule has 0 fully saturated rings. The average molecular weight is 354 g/mol. The van der Waals surface area contributed by atoms with Crippen LogP contribution >= 0.6 is 0 Å². The number of allylic oxidation sites excluding steroid dienone is 1. The van der Waals surface area contributed by atoms with Gasteiger partial charge in [-0.3, -0.25) is 4.98 Å². The SMILES string of the molecule is COC1(C)/C=C\C(C)(C)/C=c2/nccc(Oc3ccc(N)cc3F)/c2=C/1. The summed E-state index contributed by atoms with van der Waals surface area (Å²) in [4.78, 5) is 4.49. The van der Waals surface area contributed by atoms with Crippen molar-refractivity contribution >= 4 is 17.8 Å². The molecule has 0 saturated carbocycles. The molecule has 1 aromatic heterocycles. The van der Waals surface area contributed by atoms with Crippen LogP contribution in [0.25, 0.3) is 12.2 Å². The van der Waals surface area contributed by atoms with Gasteiger partial charge >= 0.3 is 0 Å². The van der Waals surface area contributed by atoms with Crippen molar-refractivity contribution < 1.29 is 13.9 Å². The molecule has 3 rings (SSSR count). The Balaban J connectivity index is 2.22. The molecule has 1 atom stereocenters. The first-order valence-electron chi connectivity index (χ1n) is 8.41. The summed E-state index contributed by atoms with van der Waals surface area (Å²) in [5, 5.41) is 1.52. The van der Waals surface area contributed by atoms with Gasteiger partial charge in [0.25, 0.3) is 0 Å². The number of halogens is 1. The highest BCUT2D eigenvalue weighted by atomic mass is 19.1. The van der Waals surface area contributed by atoms with Crippen LogP contribution in [-0.4, -0.2) is 17.7 Å². The third-order valence-electron chi connectivity index (χ3n) is 4.38. The highest BCUT2D eigenvalue weighted by molar-refractivity contribution is 5.51. The van der Waals surface area contributed by atoms with Gasteiger partial charge in [0.05, 0.1) is 5.35 Å². The van der Waals surface area contributed by atoms with Gasteiger partial charge in [0.1, 0.15) is 11.4 Å². The van der Waals surface area contributed by atoms with Crippen LogP contribution in [0, 0.1) is 11.2 Å². The first-order chi connectivity index (χ1) is 12.2. The fraction of sp³-hybridized carbons (Fsp3) is 0.286. The fourth-order valence-electron chi connectivity index (χ4n) is 2.78. The number of benzene rings is 1. The van der Waals surface area contributed by atoms with E-state index in [4.69, 9.17) is 15.2 Å². The number of pyridine rings is 1. The molecule has 1 heterocycles. The second-order valence-electron chi connectivity index (χ2n) is 7.23. The van der Waals surface area contributed by atoms with Gasteiger partial charge in [-0.1, -0.05) is 26.0 Å². The second kappa shape index (κ2) is 6.57. The number of aromatic nitrogens is 1. The number of fused-ring (bicyclic) bond motifs is 1. The van der Waals surface area contributed by atoms with E-state index in [-0.39, 0.29) is 11.2 Å². The minimum atomic E-state index is -0.638. The molecule has 2 aromatic rings. The quantitative estimate of drug-likeness (QED) is 0.679. The zero-order valence-electron chi connectivity index (χ0n) is 15.4. The predicted octanol–water partition coefficient (Wildman–Crippen LogP) is 3.16. The number of hydrogen-bond acceptors (Lipinski definition) is 4. The first-order valence-corrected chi connectivity index (χ1v) is 8.41. The summed E-state index contributed by atoms with van der Waals surface area (Å²) < 4.78 is 25.7. The number of hydrogen-bond donors (Lipinski definition) is 1. The van der Waals surface area contributed by atoms with E-state index < -0.39 is 11.4 Å². The number of nitrogens with zero attached hydrogens (tertiary/aromatic N) is 1. The number of rotatable bonds is 3. The molecule has 26 heavy (non-hydrogen) atoms. The number of anilines is 1. The lowest BCUT2D eigenvalue weighted by atomic mass is 9.87. The summed E-state index contributed by atoms with van der Waals surface area (Å²) in [6.45, 7) is 6.13. The van der Waals surface area contributed by atoms with Crippen LogP contribution in [0.5, 0.6) is 11.5 Å². The summed E-state index contributed by atoms with van der Waals surface area (Å²) >= 11 is 0. The Bertz CT molecular complexity index is 982. The Kier molecular flexibility index (Phi) is 4.59. The summed E-state index contributed by atoms with van der Waals surface area (Å²) in [6, 6.07) is 6.07. The molecular weight excluding hydrogens is 331 g/mol. The van der Waals surface area contributed by atoms with Crippen molar-refractivity contribution in [3.05, 3.63) is 59.0 Å². The Morgan fingerprint density at radius 1 is 1.04 bits per heavy atom. The van der Waals surface area contributed by atoms with Crippen molar-refractivity contribution in [1.82, 2.24) is 4.98 Å².